The van der Waals surface area contributed by atoms with Crippen LogP contribution in [-0.2, 0) is 13.1 Å². The third-order valence-electron chi connectivity index (χ3n) is 7.53. The van der Waals surface area contributed by atoms with Gasteiger partial charge in [0.15, 0.2) is 17.0 Å². The van der Waals surface area contributed by atoms with E-state index in [1.165, 1.54) is 36.4 Å². The van der Waals surface area contributed by atoms with Gasteiger partial charge in [0.05, 0.1) is 24.9 Å². The standard InChI is InChI=1S/C31H29FN8O4/c1-44-26-5-3-2-4-23(26)18-33-28-27-29(39(20-34-27)19-21-6-12-25(13-7-21)40(42)43)36-31(35-28)38-16-14-37(15-17-38)30(41)22-8-10-24(32)11-9-22/h2-13,20H,14-19H2,1H3,(H,33,35,36). The second-order valence-corrected chi connectivity index (χ2v) is 10.3. The van der Waals surface area contributed by atoms with Gasteiger partial charge in [0.2, 0.25) is 5.95 Å². The summed E-state index contributed by atoms with van der Waals surface area (Å²) in [5.41, 5.74) is 3.44. The molecule has 0 spiro atoms. The third-order valence-corrected chi connectivity index (χ3v) is 7.53. The molecule has 0 unspecified atom stereocenters. The zero-order valence-electron chi connectivity index (χ0n) is 23.9. The number of hydrogen-bond donors (Lipinski definition) is 1. The molecule has 3 aromatic carbocycles. The number of carbonyl (C=O) groups is 1. The fraction of sp³-hybridized carbons (Fsp3) is 0.226. The lowest BCUT2D eigenvalue weighted by atomic mass is 10.2. The van der Waals surface area contributed by atoms with Crippen LogP contribution in [-0.4, -0.2) is 68.5 Å². The van der Waals surface area contributed by atoms with Crippen LogP contribution in [0.1, 0.15) is 21.5 Å². The van der Waals surface area contributed by atoms with Crippen molar-refractivity contribution in [3.05, 3.63) is 112 Å². The molecule has 0 saturated carbocycles. The monoisotopic (exact) mass is 596 g/mol. The van der Waals surface area contributed by atoms with Crippen molar-refractivity contribution in [2.24, 2.45) is 0 Å². The van der Waals surface area contributed by atoms with Crippen LogP contribution in [0.2, 0.25) is 0 Å². The van der Waals surface area contributed by atoms with Gasteiger partial charge in [0.1, 0.15) is 11.6 Å². The van der Waals surface area contributed by atoms with E-state index in [0.29, 0.717) is 67.8 Å². The van der Waals surface area contributed by atoms with E-state index in [4.69, 9.17) is 14.7 Å². The SMILES string of the molecule is COc1ccccc1CNc1nc(N2CCN(C(=O)c3ccc(F)cc3)CC2)nc2c1ncn2Cc1ccc([N+](=O)[O-])cc1. The molecule has 5 aromatic rings. The number of amides is 1. The number of halogens is 1. The lowest BCUT2D eigenvalue weighted by molar-refractivity contribution is -0.384. The fourth-order valence-corrected chi connectivity index (χ4v) is 5.15. The molecular weight excluding hydrogens is 567 g/mol. The third kappa shape index (κ3) is 5.98. The highest BCUT2D eigenvalue weighted by atomic mass is 19.1. The van der Waals surface area contributed by atoms with Gasteiger partial charge in [-0.1, -0.05) is 30.3 Å². The van der Waals surface area contributed by atoms with Gasteiger partial charge >= 0.3 is 0 Å². The second kappa shape index (κ2) is 12.3. The minimum Gasteiger partial charge on any atom is -0.496 e. The van der Waals surface area contributed by atoms with Crippen LogP contribution in [0.25, 0.3) is 11.2 Å². The van der Waals surface area contributed by atoms with E-state index in [1.807, 2.05) is 33.7 Å². The molecule has 2 aromatic heterocycles. The Morgan fingerprint density at radius 1 is 1.00 bits per heavy atom. The number of hydrogen-bond acceptors (Lipinski definition) is 9. The van der Waals surface area contributed by atoms with Crippen LogP contribution in [0.3, 0.4) is 0 Å². The van der Waals surface area contributed by atoms with Crippen LogP contribution in [0.4, 0.5) is 21.8 Å². The first-order valence-corrected chi connectivity index (χ1v) is 14.0. The van der Waals surface area contributed by atoms with Crippen LogP contribution in [0, 0.1) is 15.9 Å². The summed E-state index contributed by atoms with van der Waals surface area (Å²) >= 11 is 0. The maximum Gasteiger partial charge on any atom is 0.269 e. The Kier molecular flexibility index (Phi) is 8.00. The Bertz CT molecular complexity index is 1800. The number of non-ortho nitro benzene ring substituents is 1. The summed E-state index contributed by atoms with van der Waals surface area (Å²) in [4.78, 5) is 41.8. The number of piperazine rings is 1. The highest BCUT2D eigenvalue weighted by Gasteiger charge is 2.25. The minimum absolute atomic E-state index is 0.0220. The molecule has 1 fully saturated rings. The Morgan fingerprint density at radius 2 is 1.73 bits per heavy atom. The highest BCUT2D eigenvalue weighted by Crippen LogP contribution is 2.26. The summed E-state index contributed by atoms with van der Waals surface area (Å²) < 4.78 is 20.7. The van der Waals surface area contributed by atoms with Crippen molar-refractivity contribution in [1.82, 2.24) is 24.4 Å². The van der Waals surface area contributed by atoms with E-state index in [-0.39, 0.29) is 17.4 Å². The number of nitro groups is 1. The summed E-state index contributed by atoms with van der Waals surface area (Å²) in [6, 6.07) is 19.6. The van der Waals surface area contributed by atoms with E-state index in [1.54, 1.807) is 30.5 Å². The maximum absolute atomic E-state index is 13.3. The molecule has 44 heavy (non-hydrogen) atoms. The average Bonchev–Trinajstić information content (AvgIpc) is 3.46. The molecule has 0 bridgehead atoms. The number of anilines is 2. The number of methoxy groups -OCH3 is 1. The number of nitrogens with one attached hydrogen (secondary N) is 1. The van der Waals surface area contributed by atoms with Crippen LogP contribution in [0.5, 0.6) is 5.75 Å². The number of rotatable bonds is 9. The topological polar surface area (TPSA) is 132 Å². The number of ether oxygens (including phenoxy) is 1. The van der Waals surface area contributed by atoms with Gasteiger partial charge in [-0.25, -0.2) is 9.37 Å². The molecule has 0 radical (unpaired) electrons. The van der Waals surface area contributed by atoms with Gasteiger partial charge in [-0.2, -0.15) is 9.97 Å². The summed E-state index contributed by atoms with van der Waals surface area (Å²) in [5, 5.41) is 14.5. The number of aromatic nitrogens is 4. The number of benzene rings is 3. The minimum atomic E-state index is -0.428. The molecule has 1 aliphatic heterocycles. The molecule has 12 nitrogen and oxygen atoms in total. The summed E-state index contributed by atoms with van der Waals surface area (Å²) in [6.45, 7) is 2.73. The number of nitrogens with zero attached hydrogens (tertiary/aromatic N) is 7. The van der Waals surface area contributed by atoms with Crippen molar-refractivity contribution >= 4 is 34.5 Å². The zero-order valence-corrected chi connectivity index (χ0v) is 23.9. The Labute approximate surface area is 251 Å². The number of imidazole rings is 1. The molecule has 1 N–H and O–H groups in total. The maximum atomic E-state index is 13.3. The van der Waals surface area contributed by atoms with Crippen LogP contribution in [0.15, 0.2) is 79.1 Å². The summed E-state index contributed by atoms with van der Waals surface area (Å²) in [5.74, 6) is 1.24. The first-order valence-electron chi connectivity index (χ1n) is 14.0. The quantitative estimate of drug-likeness (QED) is 0.193. The average molecular weight is 597 g/mol. The normalized spacial score (nSPS) is 13.2. The molecule has 0 aliphatic carbocycles. The van der Waals surface area contributed by atoms with Gasteiger partial charge in [-0.05, 0) is 35.9 Å². The van der Waals surface area contributed by atoms with E-state index < -0.39 is 4.92 Å². The Balaban J connectivity index is 1.27. The zero-order chi connectivity index (χ0) is 30.6. The molecule has 1 amide bonds. The van der Waals surface area contributed by atoms with Crippen molar-refractivity contribution in [2.75, 3.05) is 43.5 Å². The van der Waals surface area contributed by atoms with E-state index >= 15 is 0 Å². The molecule has 6 rings (SSSR count). The molecule has 3 heterocycles. The van der Waals surface area contributed by atoms with Gasteiger partial charge in [0, 0.05) is 56.0 Å². The van der Waals surface area contributed by atoms with Crippen molar-refractivity contribution in [3.63, 3.8) is 0 Å². The van der Waals surface area contributed by atoms with Crippen molar-refractivity contribution in [3.8, 4) is 5.75 Å². The molecule has 0 atom stereocenters. The van der Waals surface area contributed by atoms with E-state index in [9.17, 15) is 19.3 Å². The van der Waals surface area contributed by atoms with Gasteiger partial charge in [0.25, 0.3) is 11.6 Å². The number of carbonyl (C=O) groups excluding carboxylic acids is 1. The predicted octanol–water partition coefficient (Wildman–Crippen LogP) is 4.51. The molecule has 1 aliphatic rings. The summed E-state index contributed by atoms with van der Waals surface area (Å²) in [6.07, 6.45) is 1.68. The van der Waals surface area contributed by atoms with Gasteiger partial charge < -0.3 is 24.4 Å². The number of fused-ring (bicyclic) bond motifs is 1. The highest BCUT2D eigenvalue weighted by molar-refractivity contribution is 5.94. The van der Waals surface area contributed by atoms with Crippen LogP contribution >= 0.6 is 0 Å². The van der Waals surface area contributed by atoms with E-state index in [0.717, 1.165) is 16.9 Å². The molecule has 224 valence electrons. The number of nitro benzene ring substituents is 1. The molecule has 1 saturated heterocycles. The number of para-hydroxylation sites is 1. The van der Waals surface area contributed by atoms with Gasteiger partial charge in [-0.15, -0.1) is 0 Å². The Morgan fingerprint density at radius 3 is 2.43 bits per heavy atom. The largest absolute Gasteiger partial charge is 0.496 e. The van der Waals surface area contributed by atoms with Crippen molar-refractivity contribution < 1.29 is 18.8 Å². The Hall–Kier alpha value is -5.59. The second-order valence-electron chi connectivity index (χ2n) is 10.3. The predicted molar refractivity (Wildman–Crippen MR) is 162 cm³/mol. The molecule has 13 heteroatoms. The van der Waals surface area contributed by atoms with Crippen molar-refractivity contribution in [2.45, 2.75) is 13.1 Å². The van der Waals surface area contributed by atoms with Crippen LogP contribution < -0.4 is 15.0 Å². The first kappa shape index (κ1) is 28.5. The molecular formula is C31H29FN8O4. The smallest absolute Gasteiger partial charge is 0.269 e. The lowest BCUT2D eigenvalue weighted by Gasteiger charge is -2.35. The summed E-state index contributed by atoms with van der Waals surface area (Å²) in [7, 11) is 1.63. The lowest BCUT2D eigenvalue weighted by Crippen LogP contribution is -2.49. The van der Waals surface area contributed by atoms with Crippen molar-refractivity contribution in [1.29, 1.82) is 0 Å². The van der Waals surface area contributed by atoms with Gasteiger partial charge in [-0.3, -0.25) is 14.9 Å². The first-order chi connectivity index (χ1) is 21.4. The fourth-order valence-electron chi connectivity index (χ4n) is 5.15. The van der Waals surface area contributed by atoms with E-state index in [2.05, 4.69) is 10.3 Å².